The van der Waals surface area contributed by atoms with Crippen molar-refractivity contribution in [2.75, 3.05) is 0 Å². The molecule has 0 radical (unpaired) electrons. The van der Waals surface area contributed by atoms with Crippen LogP contribution >= 0.6 is 0 Å². The second-order valence-electron chi connectivity index (χ2n) is 4.80. The number of hydrogen-bond acceptors (Lipinski definition) is 1. The van der Waals surface area contributed by atoms with Gasteiger partial charge in [0.05, 0.1) is 5.54 Å². The molecular formula is C9H19N. The Labute approximate surface area is 64.6 Å². The summed E-state index contributed by atoms with van der Waals surface area (Å²) in [6, 6.07) is 0. The SMILES string of the molecule is CC(C)(C)C=NC(C)(C)C. The van der Waals surface area contributed by atoms with E-state index in [-0.39, 0.29) is 11.0 Å². The lowest BCUT2D eigenvalue weighted by Crippen LogP contribution is -2.14. The minimum atomic E-state index is 0.0767. The lowest BCUT2D eigenvalue weighted by Gasteiger charge is -2.16. The monoisotopic (exact) mass is 141 g/mol. The molecule has 0 amide bonds. The van der Waals surface area contributed by atoms with Crippen LogP contribution in [-0.4, -0.2) is 11.8 Å². The molecule has 0 aromatic carbocycles. The zero-order chi connectivity index (χ0) is 8.41. The summed E-state index contributed by atoms with van der Waals surface area (Å²) >= 11 is 0. The topological polar surface area (TPSA) is 12.4 Å². The highest BCUT2D eigenvalue weighted by Crippen LogP contribution is 2.12. The van der Waals surface area contributed by atoms with Gasteiger partial charge >= 0.3 is 0 Å². The zero-order valence-electron chi connectivity index (χ0n) is 8.02. The predicted octanol–water partition coefficient (Wildman–Crippen LogP) is 2.90. The second kappa shape index (κ2) is 2.73. The van der Waals surface area contributed by atoms with E-state index in [2.05, 4.69) is 46.5 Å². The van der Waals surface area contributed by atoms with Gasteiger partial charge < -0.3 is 0 Å². The Morgan fingerprint density at radius 2 is 1.30 bits per heavy atom. The molecule has 0 saturated heterocycles. The molecular weight excluding hydrogens is 122 g/mol. The van der Waals surface area contributed by atoms with Gasteiger partial charge in [-0.25, -0.2) is 0 Å². The average Bonchev–Trinajstić information content (AvgIpc) is 1.57. The van der Waals surface area contributed by atoms with Gasteiger partial charge in [-0.2, -0.15) is 0 Å². The van der Waals surface area contributed by atoms with E-state index in [0.29, 0.717) is 0 Å². The third-order valence-corrected chi connectivity index (χ3v) is 0.839. The predicted molar refractivity (Wildman–Crippen MR) is 47.7 cm³/mol. The molecule has 0 heterocycles. The van der Waals surface area contributed by atoms with Crippen LogP contribution in [0.15, 0.2) is 4.99 Å². The molecule has 0 unspecified atom stereocenters. The lowest BCUT2D eigenvalue weighted by molar-refractivity contribution is 0.552. The van der Waals surface area contributed by atoms with Crippen molar-refractivity contribution in [3.05, 3.63) is 0 Å². The standard InChI is InChI=1S/C9H19N/c1-8(2,3)7-10-9(4,5)6/h7H,1-6H3. The summed E-state index contributed by atoms with van der Waals surface area (Å²) in [7, 11) is 0. The summed E-state index contributed by atoms with van der Waals surface area (Å²) < 4.78 is 0. The van der Waals surface area contributed by atoms with Gasteiger partial charge in [0, 0.05) is 6.21 Å². The number of hydrogen-bond donors (Lipinski definition) is 0. The molecule has 0 N–H and O–H groups in total. The van der Waals surface area contributed by atoms with Crippen LogP contribution in [0.4, 0.5) is 0 Å². The fraction of sp³-hybridized carbons (Fsp3) is 0.889. The maximum atomic E-state index is 4.40. The molecule has 0 aliphatic heterocycles. The largest absolute Gasteiger partial charge is 0.291 e. The summed E-state index contributed by atoms with van der Waals surface area (Å²) in [4.78, 5) is 4.40. The van der Waals surface area contributed by atoms with Gasteiger partial charge in [-0.3, -0.25) is 4.99 Å². The van der Waals surface area contributed by atoms with Crippen molar-refractivity contribution in [2.24, 2.45) is 10.4 Å². The van der Waals surface area contributed by atoms with Crippen molar-refractivity contribution in [3.8, 4) is 0 Å². The molecule has 0 aliphatic carbocycles. The van der Waals surface area contributed by atoms with Crippen molar-refractivity contribution in [3.63, 3.8) is 0 Å². The Morgan fingerprint density at radius 3 is 1.40 bits per heavy atom. The summed E-state index contributed by atoms with van der Waals surface area (Å²) in [6.45, 7) is 12.8. The van der Waals surface area contributed by atoms with Crippen molar-refractivity contribution in [1.29, 1.82) is 0 Å². The van der Waals surface area contributed by atoms with E-state index in [1.807, 2.05) is 6.21 Å². The molecule has 0 fully saturated rings. The smallest absolute Gasteiger partial charge is 0.0520 e. The minimum absolute atomic E-state index is 0.0767. The molecule has 0 bridgehead atoms. The van der Waals surface area contributed by atoms with Crippen LogP contribution < -0.4 is 0 Å². The number of rotatable bonds is 0. The molecule has 0 saturated carbocycles. The Balaban J connectivity index is 4.01. The summed E-state index contributed by atoms with van der Waals surface area (Å²) in [6.07, 6.45) is 2.02. The van der Waals surface area contributed by atoms with E-state index < -0.39 is 0 Å². The molecule has 0 aromatic rings. The van der Waals surface area contributed by atoms with E-state index in [4.69, 9.17) is 0 Å². The van der Waals surface area contributed by atoms with E-state index in [0.717, 1.165) is 0 Å². The number of nitrogens with zero attached hydrogens (tertiary/aromatic N) is 1. The van der Waals surface area contributed by atoms with E-state index >= 15 is 0 Å². The molecule has 1 heteroatoms. The highest BCUT2D eigenvalue weighted by Gasteiger charge is 2.09. The van der Waals surface area contributed by atoms with Crippen LogP contribution in [0.3, 0.4) is 0 Å². The van der Waals surface area contributed by atoms with Gasteiger partial charge in [0.1, 0.15) is 0 Å². The Morgan fingerprint density at radius 1 is 0.900 bits per heavy atom. The Hall–Kier alpha value is -0.330. The Kier molecular flexibility index (Phi) is 2.64. The van der Waals surface area contributed by atoms with Gasteiger partial charge in [0.25, 0.3) is 0 Å². The Bertz CT molecular complexity index is 105. The normalized spacial score (nSPS) is 14.6. The van der Waals surface area contributed by atoms with Crippen molar-refractivity contribution >= 4 is 6.21 Å². The van der Waals surface area contributed by atoms with Crippen molar-refractivity contribution < 1.29 is 0 Å². The molecule has 0 rings (SSSR count). The maximum Gasteiger partial charge on any atom is 0.0520 e. The van der Waals surface area contributed by atoms with E-state index in [1.165, 1.54) is 0 Å². The zero-order valence-corrected chi connectivity index (χ0v) is 8.02. The fourth-order valence-corrected chi connectivity index (χ4v) is 0.387. The average molecular weight is 141 g/mol. The van der Waals surface area contributed by atoms with Crippen LogP contribution in [0, 0.1) is 5.41 Å². The first-order valence-corrected chi connectivity index (χ1v) is 3.77. The van der Waals surface area contributed by atoms with E-state index in [9.17, 15) is 0 Å². The number of aliphatic imine (C=N–C) groups is 1. The third kappa shape index (κ3) is 7.67. The van der Waals surface area contributed by atoms with Gasteiger partial charge in [0.15, 0.2) is 0 Å². The van der Waals surface area contributed by atoms with Gasteiger partial charge in [-0.1, -0.05) is 20.8 Å². The van der Waals surface area contributed by atoms with Crippen LogP contribution in [0.1, 0.15) is 41.5 Å². The van der Waals surface area contributed by atoms with Crippen molar-refractivity contribution in [2.45, 2.75) is 47.1 Å². The highest BCUT2D eigenvalue weighted by atomic mass is 14.8. The summed E-state index contributed by atoms with van der Waals surface area (Å²) in [5.74, 6) is 0. The van der Waals surface area contributed by atoms with Gasteiger partial charge in [0.2, 0.25) is 0 Å². The van der Waals surface area contributed by atoms with Crippen LogP contribution in [-0.2, 0) is 0 Å². The van der Waals surface area contributed by atoms with Crippen LogP contribution in [0.2, 0.25) is 0 Å². The quantitative estimate of drug-likeness (QED) is 0.460. The molecule has 0 atom stereocenters. The molecule has 60 valence electrons. The van der Waals surface area contributed by atoms with Crippen LogP contribution in [0.25, 0.3) is 0 Å². The molecule has 10 heavy (non-hydrogen) atoms. The van der Waals surface area contributed by atoms with E-state index in [1.54, 1.807) is 0 Å². The second-order valence-corrected chi connectivity index (χ2v) is 4.80. The fourth-order valence-electron chi connectivity index (χ4n) is 0.387. The van der Waals surface area contributed by atoms with Gasteiger partial charge in [-0.15, -0.1) is 0 Å². The minimum Gasteiger partial charge on any atom is -0.291 e. The first-order valence-electron chi connectivity index (χ1n) is 3.77. The molecule has 0 aliphatic rings. The molecule has 1 nitrogen and oxygen atoms in total. The van der Waals surface area contributed by atoms with Crippen molar-refractivity contribution in [1.82, 2.24) is 0 Å². The maximum absolute atomic E-state index is 4.40. The van der Waals surface area contributed by atoms with Crippen LogP contribution in [0.5, 0.6) is 0 Å². The first kappa shape index (κ1) is 9.67. The summed E-state index contributed by atoms with van der Waals surface area (Å²) in [5.41, 5.74) is 0.292. The first-order chi connectivity index (χ1) is 4.21. The van der Waals surface area contributed by atoms with Gasteiger partial charge in [-0.05, 0) is 26.2 Å². The molecule has 0 spiro atoms. The lowest BCUT2D eigenvalue weighted by atomic mass is 9.98. The third-order valence-electron chi connectivity index (χ3n) is 0.839. The molecule has 0 aromatic heterocycles. The summed E-state index contributed by atoms with van der Waals surface area (Å²) in [5, 5.41) is 0. The highest BCUT2D eigenvalue weighted by molar-refractivity contribution is 5.64.